The molecule has 1 fully saturated rings. The molecule has 1 aliphatic rings. The average molecular weight is 249 g/mol. The van der Waals surface area contributed by atoms with E-state index in [0.717, 1.165) is 6.42 Å². The minimum atomic E-state index is -3.57. The molecule has 6 nitrogen and oxygen atoms in total. The van der Waals surface area contributed by atoms with E-state index in [2.05, 4.69) is 5.32 Å². The van der Waals surface area contributed by atoms with Crippen molar-refractivity contribution in [1.82, 2.24) is 9.62 Å². The lowest BCUT2D eigenvalue weighted by Gasteiger charge is -2.30. The Morgan fingerprint density at radius 3 is 2.44 bits per heavy atom. The third kappa shape index (κ3) is 4.07. The number of carbonyl (C=O) groups excluding carboxylic acids is 1. The second-order valence-corrected chi connectivity index (χ2v) is 5.58. The first-order valence-corrected chi connectivity index (χ1v) is 7.01. The molecule has 94 valence electrons. The number of carbonyl (C=O) groups is 1. The molecule has 16 heavy (non-hydrogen) atoms. The van der Waals surface area contributed by atoms with Gasteiger partial charge in [-0.25, -0.2) is 5.14 Å². The summed E-state index contributed by atoms with van der Waals surface area (Å²) in [5.74, 6) is 0.0385. The number of hydrogen-bond acceptors (Lipinski definition) is 3. The van der Waals surface area contributed by atoms with Crippen LogP contribution in [0.15, 0.2) is 0 Å². The van der Waals surface area contributed by atoms with Gasteiger partial charge in [-0.1, -0.05) is 6.92 Å². The summed E-state index contributed by atoms with van der Waals surface area (Å²) >= 11 is 0. The first-order chi connectivity index (χ1) is 7.43. The van der Waals surface area contributed by atoms with E-state index in [1.165, 1.54) is 4.31 Å². The largest absolute Gasteiger partial charge is 0.353 e. The van der Waals surface area contributed by atoms with Crippen LogP contribution in [0.5, 0.6) is 0 Å². The Labute approximate surface area is 96.4 Å². The van der Waals surface area contributed by atoms with Crippen LogP contribution < -0.4 is 10.5 Å². The zero-order valence-corrected chi connectivity index (χ0v) is 10.3. The minimum Gasteiger partial charge on any atom is -0.353 e. The third-order valence-electron chi connectivity index (χ3n) is 2.66. The predicted octanol–water partition coefficient (Wildman–Crippen LogP) is -0.429. The topological polar surface area (TPSA) is 92.5 Å². The van der Waals surface area contributed by atoms with Crippen LogP contribution in [0.4, 0.5) is 0 Å². The van der Waals surface area contributed by atoms with Gasteiger partial charge in [-0.3, -0.25) is 4.79 Å². The summed E-state index contributed by atoms with van der Waals surface area (Å²) in [5.41, 5.74) is 0. The molecule has 1 saturated heterocycles. The van der Waals surface area contributed by atoms with Gasteiger partial charge in [0.25, 0.3) is 10.2 Å². The molecule has 0 aromatic rings. The summed E-state index contributed by atoms with van der Waals surface area (Å²) in [5, 5.41) is 7.91. The summed E-state index contributed by atoms with van der Waals surface area (Å²) in [6.07, 6.45) is 2.61. The number of rotatable bonds is 4. The van der Waals surface area contributed by atoms with E-state index in [4.69, 9.17) is 5.14 Å². The molecule has 0 aliphatic carbocycles. The van der Waals surface area contributed by atoms with E-state index in [1.54, 1.807) is 0 Å². The number of piperidine rings is 1. The molecule has 1 amide bonds. The Bertz CT molecular complexity index is 334. The van der Waals surface area contributed by atoms with Gasteiger partial charge in [-0.15, -0.1) is 0 Å². The van der Waals surface area contributed by atoms with Crippen molar-refractivity contribution in [2.24, 2.45) is 5.14 Å². The van der Waals surface area contributed by atoms with E-state index in [0.29, 0.717) is 32.4 Å². The maximum Gasteiger partial charge on any atom is 0.276 e. The maximum atomic E-state index is 11.3. The van der Waals surface area contributed by atoms with Crippen molar-refractivity contribution in [2.45, 2.75) is 38.6 Å². The molecule has 0 radical (unpaired) electrons. The van der Waals surface area contributed by atoms with Crippen LogP contribution in [0.2, 0.25) is 0 Å². The predicted molar refractivity (Wildman–Crippen MR) is 60.8 cm³/mol. The Morgan fingerprint density at radius 2 is 2.00 bits per heavy atom. The van der Waals surface area contributed by atoms with Crippen molar-refractivity contribution >= 4 is 16.1 Å². The second kappa shape index (κ2) is 5.60. The van der Waals surface area contributed by atoms with E-state index in [1.807, 2.05) is 6.92 Å². The molecule has 1 rings (SSSR count). The van der Waals surface area contributed by atoms with E-state index >= 15 is 0 Å². The fourth-order valence-electron chi connectivity index (χ4n) is 1.78. The average Bonchev–Trinajstić information content (AvgIpc) is 2.17. The van der Waals surface area contributed by atoms with E-state index in [-0.39, 0.29) is 11.9 Å². The SMILES string of the molecule is CCCC(=O)NC1CCN(S(N)(=O)=O)CC1. The van der Waals surface area contributed by atoms with Crippen LogP contribution in [-0.2, 0) is 15.0 Å². The van der Waals surface area contributed by atoms with Gasteiger partial charge in [0.2, 0.25) is 5.91 Å². The smallest absolute Gasteiger partial charge is 0.276 e. The fraction of sp³-hybridized carbons (Fsp3) is 0.889. The van der Waals surface area contributed by atoms with Crippen molar-refractivity contribution in [3.8, 4) is 0 Å². The normalized spacial score (nSPS) is 19.6. The van der Waals surface area contributed by atoms with Crippen molar-refractivity contribution in [3.63, 3.8) is 0 Å². The van der Waals surface area contributed by atoms with Gasteiger partial charge >= 0.3 is 0 Å². The summed E-state index contributed by atoms with van der Waals surface area (Å²) in [4.78, 5) is 11.3. The van der Waals surface area contributed by atoms with Crippen LogP contribution in [-0.4, -0.2) is 37.8 Å². The number of nitrogens with one attached hydrogen (secondary N) is 1. The Morgan fingerprint density at radius 1 is 1.44 bits per heavy atom. The van der Waals surface area contributed by atoms with Gasteiger partial charge in [0.15, 0.2) is 0 Å². The third-order valence-corrected chi connectivity index (χ3v) is 3.74. The van der Waals surface area contributed by atoms with Crippen LogP contribution in [0, 0.1) is 0 Å². The fourth-order valence-corrected chi connectivity index (χ4v) is 2.50. The molecule has 3 N–H and O–H groups in total. The molecule has 0 spiro atoms. The molecule has 0 atom stereocenters. The van der Waals surface area contributed by atoms with Crippen molar-refractivity contribution in [2.75, 3.05) is 13.1 Å². The van der Waals surface area contributed by atoms with Gasteiger partial charge in [-0.05, 0) is 19.3 Å². The van der Waals surface area contributed by atoms with Crippen LogP contribution >= 0.6 is 0 Å². The van der Waals surface area contributed by atoms with Gasteiger partial charge in [0.1, 0.15) is 0 Å². The monoisotopic (exact) mass is 249 g/mol. The lowest BCUT2D eigenvalue weighted by Crippen LogP contribution is -2.48. The van der Waals surface area contributed by atoms with E-state index in [9.17, 15) is 13.2 Å². The van der Waals surface area contributed by atoms with Gasteiger partial charge in [0.05, 0.1) is 0 Å². The second-order valence-electron chi connectivity index (χ2n) is 4.04. The molecule has 1 aliphatic heterocycles. The van der Waals surface area contributed by atoms with Crippen molar-refractivity contribution in [1.29, 1.82) is 0 Å². The lowest BCUT2D eigenvalue weighted by molar-refractivity contribution is -0.122. The Hall–Kier alpha value is -0.660. The number of amides is 1. The molecular formula is C9H19N3O3S. The number of hydrogen-bond donors (Lipinski definition) is 2. The number of nitrogens with two attached hydrogens (primary N) is 1. The summed E-state index contributed by atoms with van der Waals surface area (Å²) < 4.78 is 23.3. The molecule has 1 heterocycles. The standard InChI is InChI=1S/C9H19N3O3S/c1-2-3-9(13)11-8-4-6-12(7-5-8)16(10,14)15/h8H,2-7H2,1H3,(H,11,13)(H2,10,14,15). The molecule has 7 heteroatoms. The van der Waals surface area contributed by atoms with Gasteiger partial charge in [0, 0.05) is 25.6 Å². The zero-order chi connectivity index (χ0) is 12.2. The van der Waals surface area contributed by atoms with E-state index < -0.39 is 10.2 Å². The molecule has 0 aromatic heterocycles. The molecule has 0 bridgehead atoms. The van der Waals surface area contributed by atoms with Gasteiger partial charge in [-0.2, -0.15) is 12.7 Å². The summed E-state index contributed by atoms with van der Waals surface area (Å²) in [6.45, 7) is 2.72. The number of nitrogens with zero attached hydrogens (tertiary/aromatic N) is 1. The lowest BCUT2D eigenvalue weighted by atomic mass is 10.1. The Balaban J connectivity index is 2.35. The van der Waals surface area contributed by atoms with Crippen molar-refractivity contribution < 1.29 is 13.2 Å². The highest BCUT2D eigenvalue weighted by atomic mass is 32.2. The maximum absolute atomic E-state index is 11.3. The first-order valence-electron chi connectivity index (χ1n) is 5.50. The molecule has 0 unspecified atom stereocenters. The molecule has 0 aromatic carbocycles. The van der Waals surface area contributed by atoms with Crippen LogP contribution in [0.25, 0.3) is 0 Å². The molecular weight excluding hydrogens is 230 g/mol. The van der Waals surface area contributed by atoms with Crippen LogP contribution in [0.1, 0.15) is 32.6 Å². The minimum absolute atomic E-state index is 0.0385. The Kier molecular flexibility index (Phi) is 4.69. The van der Waals surface area contributed by atoms with Crippen molar-refractivity contribution in [3.05, 3.63) is 0 Å². The highest BCUT2D eigenvalue weighted by molar-refractivity contribution is 7.86. The summed E-state index contributed by atoms with van der Waals surface area (Å²) in [6, 6.07) is 0.0806. The molecule has 0 saturated carbocycles. The summed E-state index contributed by atoms with van der Waals surface area (Å²) in [7, 11) is -3.57. The van der Waals surface area contributed by atoms with Crippen LogP contribution in [0.3, 0.4) is 0 Å². The quantitative estimate of drug-likeness (QED) is 0.708. The highest BCUT2D eigenvalue weighted by Crippen LogP contribution is 2.12. The highest BCUT2D eigenvalue weighted by Gasteiger charge is 2.25. The first kappa shape index (κ1) is 13.4. The zero-order valence-electron chi connectivity index (χ0n) is 9.48. The van der Waals surface area contributed by atoms with Gasteiger partial charge < -0.3 is 5.32 Å².